The molecule has 2 radical (unpaired) electrons. The van der Waals surface area contributed by atoms with Crippen LogP contribution in [0.4, 0.5) is 0 Å². The van der Waals surface area contributed by atoms with E-state index in [1.807, 2.05) is 4.63 Å². The lowest BCUT2D eigenvalue weighted by Gasteiger charge is -2.02. The van der Waals surface area contributed by atoms with Crippen LogP contribution >= 0.6 is 0 Å². The molecule has 0 saturated heterocycles. The molecule has 0 unspecified atom stereocenters. The summed E-state index contributed by atoms with van der Waals surface area (Å²) in [6, 6.07) is 0. The first-order chi connectivity index (χ1) is 6.62. The van der Waals surface area contributed by atoms with Crippen molar-refractivity contribution in [3.8, 4) is 0 Å². The van der Waals surface area contributed by atoms with Crippen molar-refractivity contribution in [1.82, 2.24) is 4.63 Å². The molecule has 0 saturated carbocycles. The highest BCUT2D eigenvalue weighted by molar-refractivity contribution is 7.90. The van der Waals surface area contributed by atoms with E-state index >= 15 is 0 Å². The van der Waals surface area contributed by atoms with Gasteiger partial charge < -0.3 is 0 Å². The molecule has 0 aromatic carbocycles. The molecule has 0 aromatic rings. The van der Waals surface area contributed by atoms with Crippen molar-refractivity contribution >= 4 is 18.0 Å². The Kier molecular flexibility index (Phi) is 8.28. The Hall–Kier alpha value is -0.0251. The summed E-state index contributed by atoms with van der Waals surface area (Å²) in [6.07, 6.45) is 7.81. The largest absolute Gasteiger partial charge is 0.269 e. The summed E-state index contributed by atoms with van der Waals surface area (Å²) in [5.41, 5.74) is 0. The summed E-state index contributed by atoms with van der Waals surface area (Å²) in [7, 11) is 1.66. The summed E-state index contributed by atoms with van der Waals surface area (Å²) < 4.78 is 23.6. The van der Waals surface area contributed by atoms with Gasteiger partial charge >= 0.3 is 0 Å². The molecule has 0 aromatic heterocycles. The van der Waals surface area contributed by atoms with Crippen LogP contribution < -0.4 is 4.63 Å². The topological polar surface area (TPSA) is 46.2 Å². The van der Waals surface area contributed by atoms with E-state index in [0.717, 1.165) is 12.8 Å². The van der Waals surface area contributed by atoms with Crippen molar-refractivity contribution in [3.05, 3.63) is 0 Å². The van der Waals surface area contributed by atoms with Gasteiger partial charge in [0.15, 0.2) is 0 Å². The van der Waals surface area contributed by atoms with Gasteiger partial charge in [0.1, 0.15) is 0 Å². The maximum Gasteiger partial charge on any atom is 0.201 e. The van der Waals surface area contributed by atoms with E-state index in [-0.39, 0.29) is 5.75 Å². The maximum atomic E-state index is 10.9. The van der Waals surface area contributed by atoms with E-state index in [2.05, 4.69) is 6.92 Å². The van der Waals surface area contributed by atoms with Crippen LogP contribution in [0.2, 0.25) is 0 Å². The summed E-state index contributed by atoms with van der Waals surface area (Å²) in [5, 5.41) is 0. The Morgan fingerprint density at radius 2 is 1.50 bits per heavy atom. The molecule has 14 heavy (non-hydrogen) atoms. The first-order valence-electron chi connectivity index (χ1n) is 5.32. The first-order valence-corrected chi connectivity index (χ1v) is 6.97. The second-order valence-electron chi connectivity index (χ2n) is 3.56. The van der Waals surface area contributed by atoms with Crippen molar-refractivity contribution in [2.45, 2.75) is 51.9 Å². The first kappa shape index (κ1) is 14.0. The Bertz CT molecular complexity index is 217. The van der Waals surface area contributed by atoms with Crippen molar-refractivity contribution < 1.29 is 8.42 Å². The van der Waals surface area contributed by atoms with Gasteiger partial charge in [0.2, 0.25) is 18.0 Å². The van der Waals surface area contributed by atoms with Gasteiger partial charge in [0.05, 0.1) is 5.75 Å². The van der Waals surface area contributed by atoms with Gasteiger partial charge in [0.25, 0.3) is 0 Å². The fourth-order valence-electron chi connectivity index (χ4n) is 1.31. The quantitative estimate of drug-likeness (QED) is 0.472. The zero-order chi connectivity index (χ0) is 10.9. The second-order valence-corrected chi connectivity index (χ2v) is 5.43. The number of sulfonamides is 1. The molecule has 0 fully saturated rings. The fraction of sp³-hybridized carbons (Fsp3) is 1.00. The van der Waals surface area contributed by atoms with Crippen LogP contribution in [-0.2, 0) is 10.0 Å². The average Bonchev–Trinajstić information content (AvgIpc) is 2.16. The molecule has 0 aliphatic rings. The highest BCUT2D eigenvalue weighted by atomic mass is 32.2. The maximum absolute atomic E-state index is 10.9. The summed E-state index contributed by atoms with van der Waals surface area (Å²) in [4.78, 5) is 0. The molecule has 0 aliphatic carbocycles. The fourth-order valence-corrected chi connectivity index (χ4v) is 2.01. The van der Waals surface area contributed by atoms with Gasteiger partial charge in [0, 0.05) is 0 Å². The standard InChI is InChI=1S/C9H20BNO2S/c1-2-3-4-5-6-7-8-9-14(12,13)11-10/h11H,2-9H2,1H3. The normalized spacial score (nSPS) is 11.8. The van der Waals surface area contributed by atoms with Crippen LogP contribution in [0.3, 0.4) is 0 Å². The van der Waals surface area contributed by atoms with E-state index in [1.54, 1.807) is 0 Å². The van der Waals surface area contributed by atoms with Crippen molar-refractivity contribution in [2.24, 2.45) is 0 Å². The summed E-state index contributed by atoms with van der Waals surface area (Å²) in [6.45, 7) is 2.18. The van der Waals surface area contributed by atoms with E-state index in [0.29, 0.717) is 6.42 Å². The van der Waals surface area contributed by atoms with Crippen LogP contribution in [0.5, 0.6) is 0 Å². The zero-order valence-corrected chi connectivity index (χ0v) is 9.78. The minimum atomic E-state index is -3.19. The molecule has 0 heterocycles. The van der Waals surface area contributed by atoms with Crippen molar-refractivity contribution in [1.29, 1.82) is 0 Å². The molecule has 5 heteroatoms. The molecule has 3 nitrogen and oxygen atoms in total. The molecule has 0 amide bonds. The molecule has 0 bridgehead atoms. The highest BCUT2D eigenvalue weighted by Gasteiger charge is 2.04. The Labute approximate surface area is 89.1 Å². The van der Waals surface area contributed by atoms with Crippen LogP contribution in [0.25, 0.3) is 0 Å². The molecule has 1 N–H and O–H groups in total. The lowest BCUT2D eigenvalue weighted by atomic mass is 10.1. The minimum Gasteiger partial charge on any atom is -0.269 e. The number of unbranched alkanes of at least 4 members (excludes halogenated alkanes) is 6. The highest BCUT2D eigenvalue weighted by Crippen LogP contribution is 2.07. The smallest absolute Gasteiger partial charge is 0.201 e. The molecule has 0 aliphatic heterocycles. The lowest BCUT2D eigenvalue weighted by Crippen LogP contribution is -2.23. The van der Waals surface area contributed by atoms with Crippen molar-refractivity contribution in [3.63, 3.8) is 0 Å². The summed E-state index contributed by atoms with van der Waals surface area (Å²) >= 11 is 0. The minimum absolute atomic E-state index is 0.150. The van der Waals surface area contributed by atoms with Crippen LogP contribution in [0.1, 0.15) is 51.9 Å². The number of hydrogen-bond acceptors (Lipinski definition) is 2. The van der Waals surface area contributed by atoms with E-state index < -0.39 is 10.0 Å². The number of nitrogens with one attached hydrogen (secondary N) is 1. The van der Waals surface area contributed by atoms with Gasteiger partial charge in [-0.05, 0) is 6.42 Å². The zero-order valence-electron chi connectivity index (χ0n) is 8.96. The van der Waals surface area contributed by atoms with E-state index in [1.165, 1.54) is 25.7 Å². The Morgan fingerprint density at radius 1 is 1.00 bits per heavy atom. The molecule has 0 rings (SSSR count). The van der Waals surface area contributed by atoms with Gasteiger partial charge in [-0.2, -0.15) is 0 Å². The third-order valence-corrected chi connectivity index (χ3v) is 3.38. The van der Waals surface area contributed by atoms with Crippen molar-refractivity contribution in [2.75, 3.05) is 5.75 Å². The van der Waals surface area contributed by atoms with Crippen LogP contribution in [0.15, 0.2) is 0 Å². The molecular formula is C9H20BNO2S. The Balaban J connectivity index is 3.22. The summed E-state index contributed by atoms with van der Waals surface area (Å²) in [5.74, 6) is 0.150. The van der Waals surface area contributed by atoms with Gasteiger partial charge in [-0.1, -0.05) is 45.4 Å². The van der Waals surface area contributed by atoms with E-state index in [4.69, 9.17) is 7.98 Å². The lowest BCUT2D eigenvalue weighted by molar-refractivity contribution is 0.577. The second kappa shape index (κ2) is 8.30. The average molecular weight is 217 g/mol. The number of hydrogen-bond donors (Lipinski definition) is 1. The van der Waals surface area contributed by atoms with Crippen LogP contribution in [0, 0.1) is 0 Å². The third kappa shape index (κ3) is 8.57. The van der Waals surface area contributed by atoms with E-state index in [9.17, 15) is 8.42 Å². The van der Waals surface area contributed by atoms with Gasteiger partial charge in [-0.15, -0.1) is 0 Å². The molecule has 0 atom stereocenters. The van der Waals surface area contributed by atoms with Gasteiger partial charge in [-0.3, -0.25) is 4.63 Å². The van der Waals surface area contributed by atoms with Crippen LogP contribution in [-0.4, -0.2) is 22.2 Å². The predicted octanol–water partition coefficient (Wildman–Crippen LogP) is 1.74. The molecular weight excluding hydrogens is 197 g/mol. The molecule has 82 valence electrons. The molecule has 0 spiro atoms. The Morgan fingerprint density at radius 3 is 2.00 bits per heavy atom. The monoisotopic (exact) mass is 217 g/mol. The van der Waals surface area contributed by atoms with Gasteiger partial charge in [-0.25, -0.2) is 8.42 Å². The third-order valence-electron chi connectivity index (χ3n) is 2.20. The SMILES string of the molecule is [B]NS(=O)(=O)CCCCCCCCC. The predicted molar refractivity (Wildman–Crippen MR) is 60.7 cm³/mol. The number of rotatable bonds is 9.